The molecule has 39 heavy (non-hydrogen) atoms. The van der Waals surface area contributed by atoms with Crippen molar-refractivity contribution < 1.29 is 40.3 Å². The molecule has 1 aliphatic rings. The lowest BCUT2D eigenvalue weighted by Gasteiger charge is -2.15. The fourth-order valence-corrected chi connectivity index (χ4v) is 4.91. The van der Waals surface area contributed by atoms with E-state index >= 15 is 0 Å². The van der Waals surface area contributed by atoms with Crippen LogP contribution >= 0.6 is 0 Å². The monoisotopic (exact) mass is 565 g/mol. The average Bonchev–Trinajstić information content (AvgIpc) is 3.26. The first kappa shape index (κ1) is 28.0. The van der Waals surface area contributed by atoms with Gasteiger partial charge in [0.2, 0.25) is 15.9 Å². The minimum absolute atomic E-state index is 0.137. The molecule has 0 unspecified atom stereocenters. The van der Waals surface area contributed by atoms with Crippen LogP contribution in [0, 0.1) is 5.82 Å². The summed E-state index contributed by atoms with van der Waals surface area (Å²) < 4.78 is 85.5. The van der Waals surface area contributed by atoms with Crippen LogP contribution in [0.4, 0.5) is 28.0 Å². The molecule has 1 atom stereocenters. The number of cyclic esters (lactones) is 1. The Hall–Kier alpha value is -3.97. The largest absolute Gasteiger partial charge is 0.442 e. The number of benzene rings is 3. The van der Waals surface area contributed by atoms with Crippen LogP contribution in [-0.4, -0.2) is 39.6 Å². The molecule has 2 amide bonds. The Labute approximate surface area is 221 Å². The summed E-state index contributed by atoms with van der Waals surface area (Å²) in [5, 5.41) is 2.57. The fourth-order valence-electron chi connectivity index (χ4n) is 3.89. The highest BCUT2D eigenvalue weighted by atomic mass is 32.2. The van der Waals surface area contributed by atoms with Crippen molar-refractivity contribution in [3.05, 3.63) is 83.7 Å². The molecule has 4 rings (SSSR count). The van der Waals surface area contributed by atoms with Crippen LogP contribution in [0.3, 0.4) is 0 Å². The maximum absolute atomic E-state index is 15.0. The van der Waals surface area contributed by atoms with E-state index in [2.05, 4.69) is 10.0 Å². The molecule has 3 aromatic carbocycles. The number of hydrogen-bond donors (Lipinski definition) is 2. The van der Waals surface area contributed by atoms with E-state index in [1.54, 1.807) is 30.3 Å². The molecule has 0 aromatic heterocycles. The van der Waals surface area contributed by atoms with E-state index in [-0.39, 0.29) is 36.0 Å². The lowest BCUT2D eigenvalue weighted by Crippen LogP contribution is -2.33. The molecular formula is C26H23F4N3O5S. The molecule has 0 saturated carbocycles. The zero-order valence-electron chi connectivity index (χ0n) is 20.5. The van der Waals surface area contributed by atoms with Crippen molar-refractivity contribution in [1.82, 2.24) is 10.0 Å². The van der Waals surface area contributed by atoms with Crippen molar-refractivity contribution in [3.63, 3.8) is 0 Å². The van der Waals surface area contributed by atoms with Crippen LogP contribution in [0.2, 0.25) is 0 Å². The quantitative estimate of drug-likeness (QED) is 0.393. The van der Waals surface area contributed by atoms with Gasteiger partial charge in [0.1, 0.15) is 11.9 Å². The van der Waals surface area contributed by atoms with E-state index in [9.17, 15) is 35.6 Å². The van der Waals surface area contributed by atoms with Gasteiger partial charge in [-0.05, 0) is 53.6 Å². The smallest absolute Gasteiger partial charge is 0.416 e. The fraction of sp³-hybridized carbons (Fsp3) is 0.231. The second-order valence-corrected chi connectivity index (χ2v) is 10.5. The van der Waals surface area contributed by atoms with E-state index in [1.807, 2.05) is 0 Å². The number of sulfonamides is 1. The number of ether oxygens (including phenoxy) is 1. The minimum Gasteiger partial charge on any atom is -0.442 e. The van der Waals surface area contributed by atoms with E-state index in [0.29, 0.717) is 28.9 Å². The van der Waals surface area contributed by atoms with Crippen molar-refractivity contribution >= 4 is 27.7 Å². The number of carbonyl (C=O) groups is 2. The maximum Gasteiger partial charge on any atom is 0.416 e. The van der Waals surface area contributed by atoms with Crippen molar-refractivity contribution in [2.75, 3.05) is 18.0 Å². The molecule has 206 valence electrons. The Bertz CT molecular complexity index is 1480. The lowest BCUT2D eigenvalue weighted by molar-refractivity contribution is -0.137. The van der Waals surface area contributed by atoms with Crippen molar-refractivity contribution in [3.8, 4) is 11.1 Å². The second kappa shape index (κ2) is 11.0. The molecule has 0 spiro atoms. The van der Waals surface area contributed by atoms with Crippen LogP contribution in [0.15, 0.2) is 71.6 Å². The second-order valence-electron chi connectivity index (χ2n) is 8.76. The molecular weight excluding hydrogens is 542 g/mol. The molecule has 0 aliphatic carbocycles. The van der Waals surface area contributed by atoms with Crippen molar-refractivity contribution in [2.45, 2.75) is 30.6 Å². The first-order valence-corrected chi connectivity index (χ1v) is 13.1. The first-order valence-electron chi connectivity index (χ1n) is 11.6. The van der Waals surface area contributed by atoms with Gasteiger partial charge in [-0.25, -0.2) is 22.3 Å². The van der Waals surface area contributed by atoms with Crippen LogP contribution in [0.25, 0.3) is 11.1 Å². The van der Waals surface area contributed by atoms with Gasteiger partial charge in [-0.1, -0.05) is 24.3 Å². The highest BCUT2D eigenvalue weighted by molar-refractivity contribution is 7.89. The summed E-state index contributed by atoms with van der Waals surface area (Å²) >= 11 is 0. The Kier molecular flexibility index (Phi) is 7.93. The van der Waals surface area contributed by atoms with E-state index in [4.69, 9.17) is 4.74 Å². The zero-order valence-corrected chi connectivity index (χ0v) is 21.3. The SMILES string of the molecule is CC(=O)NC[C@H]1CN(c2ccc(-c3ccc(CNS(=O)(=O)c4ccc(C(F)(F)F)cc4)cc3)c(F)c2)C(=O)O1. The topological polar surface area (TPSA) is 105 Å². The van der Waals surface area contributed by atoms with Gasteiger partial charge in [0.25, 0.3) is 0 Å². The summed E-state index contributed by atoms with van der Waals surface area (Å²) in [5.74, 6) is -0.858. The molecule has 1 saturated heterocycles. The van der Waals surface area contributed by atoms with Gasteiger partial charge in [-0.2, -0.15) is 13.2 Å². The van der Waals surface area contributed by atoms with Gasteiger partial charge in [-0.15, -0.1) is 0 Å². The molecule has 2 N–H and O–H groups in total. The zero-order chi connectivity index (χ0) is 28.4. The normalized spacial score (nSPS) is 15.8. The Morgan fingerprint density at radius 1 is 1.05 bits per heavy atom. The number of nitrogens with one attached hydrogen (secondary N) is 2. The summed E-state index contributed by atoms with van der Waals surface area (Å²) in [6.07, 6.45) is -5.79. The van der Waals surface area contributed by atoms with Crippen LogP contribution < -0.4 is 14.9 Å². The van der Waals surface area contributed by atoms with E-state index in [1.165, 1.54) is 24.0 Å². The number of rotatable bonds is 8. The van der Waals surface area contributed by atoms with Crippen molar-refractivity contribution in [2.24, 2.45) is 0 Å². The molecule has 13 heteroatoms. The highest BCUT2D eigenvalue weighted by Gasteiger charge is 2.33. The van der Waals surface area contributed by atoms with Crippen LogP contribution in [0.5, 0.6) is 0 Å². The molecule has 1 aliphatic heterocycles. The summed E-state index contributed by atoms with van der Waals surface area (Å²) in [6.45, 7) is 1.50. The molecule has 1 heterocycles. The number of nitrogens with zero attached hydrogens (tertiary/aromatic N) is 1. The summed E-state index contributed by atoms with van der Waals surface area (Å²) in [7, 11) is -4.06. The number of hydrogen-bond acceptors (Lipinski definition) is 5. The molecule has 8 nitrogen and oxygen atoms in total. The van der Waals surface area contributed by atoms with Gasteiger partial charge in [0, 0.05) is 19.0 Å². The van der Waals surface area contributed by atoms with Gasteiger partial charge >= 0.3 is 12.3 Å². The minimum atomic E-state index is -4.57. The molecule has 3 aromatic rings. The van der Waals surface area contributed by atoms with Gasteiger partial charge in [0.05, 0.1) is 29.2 Å². The number of carbonyl (C=O) groups excluding carboxylic acids is 2. The maximum atomic E-state index is 15.0. The number of anilines is 1. The third-order valence-corrected chi connectivity index (χ3v) is 7.36. The van der Waals surface area contributed by atoms with Crippen LogP contribution in [0.1, 0.15) is 18.1 Å². The third kappa shape index (κ3) is 6.73. The average molecular weight is 566 g/mol. The predicted molar refractivity (Wildman–Crippen MR) is 134 cm³/mol. The van der Waals surface area contributed by atoms with E-state index in [0.717, 1.165) is 12.1 Å². The molecule has 0 radical (unpaired) electrons. The predicted octanol–water partition coefficient (Wildman–Crippen LogP) is 4.45. The Morgan fingerprint density at radius 3 is 2.31 bits per heavy atom. The van der Waals surface area contributed by atoms with Gasteiger partial charge < -0.3 is 10.1 Å². The first-order chi connectivity index (χ1) is 18.3. The van der Waals surface area contributed by atoms with Gasteiger partial charge in [-0.3, -0.25) is 9.69 Å². The van der Waals surface area contributed by atoms with E-state index < -0.39 is 39.8 Å². The summed E-state index contributed by atoms with van der Waals surface area (Å²) in [5.41, 5.74) is 0.625. The standard InChI is InChI=1S/C26H23F4N3O5S/c1-16(34)31-14-21-15-33(25(35)38-21)20-8-11-23(24(27)12-20)18-4-2-17(3-5-18)13-32-39(36,37)22-9-6-19(7-10-22)26(28,29)30/h2-12,21,32H,13-15H2,1H3,(H,31,34)/t21-/m0/s1. The van der Waals surface area contributed by atoms with Crippen LogP contribution in [-0.2, 0) is 32.3 Å². The molecule has 0 bridgehead atoms. The molecule has 1 fully saturated rings. The summed E-state index contributed by atoms with van der Waals surface area (Å²) in [6, 6.07) is 13.8. The van der Waals surface area contributed by atoms with Gasteiger partial charge in [0.15, 0.2) is 0 Å². The number of amides is 2. The van der Waals surface area contributed by atoms with Crippen molar-refractivity contribution in [1.29, 1.82) is 0 Å². The number of alkyl halides is 3. The summed E-state index contributed by atoms with van der Waals surface area (Å²) in [4.78, 5) is 24.2. The number of halogens is 4. The Morgan fingerprint density at radius 2 is 1.72 bits per heavy atom. The highest BCUT2D eigenvalue weighted by Crippen LogP contribution is 2.31. The lowest BCUT2D eigenvalue weighted by atomic mass is 10.0. The Balaban J connectivity index is 1.40. The third-order valence-electron chi connectivity index (χ3n) is 5.94.